The molecule has 4 heteroatoms. The number of halogens is 1. The number of ether oxygens (including phenoxy) is 1. The molecule has 104 valence electrons. The van der Waals surface area contributed by atoms with E-state index in [-0.39, 0.29) is 22.9 Å². The van der Waals surface area contributed by atoms with Crippen LogP contribution in [-0.2, 0) is 4.74 Å². The number of carbonyl (C=O) groups excluding carboxylic acids is 1. The summed E-state index contributed by atoms with van der Waals surface area (Å²) in [7, 11) is 0. The molecule has 0 aliphatic heterocycles. The molecular weight excluding hydrogens is 324 g/mol. The summed E-state index contributed by atoms with van der Waals surface area (Å²) in [4.78, 5) is 12.9. The first-order valence-electron chi connectivity index (χ1n) is 6.81. The Hall–Kier alpha value is -0.350. The monoisotopic (exact) mass is 342 g/mol. The van der Waals surface area contributed by atoms with E-state index in [1.54, 1.807) is 0 Å². The Morgan fingerprint density at radius 2 is 2.16 bits per heavy atom. The van der Waals surface area contributed by atoms with Crippen molar-refractivity contribution in [3.05, 3.63) is 20.8 Å². The summed E-state index contributed by atoms with van der Waals surface area (Å²) < 4.78 is 6.81. The Morgan fingerprint density at radius 3 is 2.63 bits per heavy atom. The van der Waals surface area contributed by atoms with E-state index in [1.807, 2.05) is 12.1 Å². The molecule has 1 heterocycles. The molecule has 2 aliphatic rings. The maximum Gasteiger partial charge on any atom is 0.348 e. The summed E-state index contributed by atoms with van der Waals surface area (Å²) in [6.45, 7) is 6.96. The van der Waals surface area contributed by atoms with Gasteiger partial charge < -0.3 is 4.74 Å². The molecule has 0 saturated heterocycles. The zero-order valence-corrected chi connectivity index (χ0v) is 13.9. The van der Waals surface area contributed by atoms with Crippen LogP contribution < -0.4 is 0 Å². The maximum absolute atomic E-state index is 12.2. The fourth-order valence-corrected chi connectivity index (χ4v) is 5.19. The summed E-state index contributed by atoms with van der Waals surface area (Å²) >= 11 is 4.83. The third-order valence-electron chi connectivity index (χ3n) is 5.74. The number of hydrogen-bond donors (Lipinski definition) is 0. The van der Waals surface area contributed by atoms with Gasteiger partial charge in [0.05, 0.1) is 3.79 Å². The summed E-state index contributed by atoms with van der Waals surface area (Å²) in [6, 6.07) is 3.73. The number of esters is 1. The minimum atomic E-state index is -0.162. The molecule has 2 fully saturated rings. The van der Waals surface area contributed by atoms with E-state index in [0.29, 0.717) is 10.8 Å². The molecule has 2 aliphatic carbocycles. The molecule has 2 nitrogen and oxygen atoms in total. The van der Waals surface area contributed by atoms with Gasteiger partial charge in [-0.25, -0.2) is 4.79 Å². The molecular formula is C15H19BrO2S. The SMILES string of the molecule is CC1(C)C2CCC1(C)C(OC(=O)c1ccc(Br)s1)C2. The van der Waals surface area contributed by atoms with Crippen LogP contribution in [-0.4, -0.2) is 12.1 Å². The Morgan fingerprint density at radius 1 is 1.42 bits per heavy atom. The third-order valence-corrected chi connectivity index (χ3v) is 7.34. The quantitative estimate of drug-likeness (QED) is 0.715. The average Bonchev–Trinajstić information content (AvgIpc) is 2.91. The molecule has 3 unspecified atom stereocenters. The number of carbonyl (C=O) groups is 1. The van der Waals surface area contributed by atoms with Crippen molar-refractivity contribution in [3.8, 4) is 0 Å². The first-order valence-corrected chi connectivity index (χ1v) is 8.42. The van der Waals surface area contributed by atoms with Crippen molar-refractivity contribution in [1.82, 2.24) is 0 Å². The van der Waals surface area contributed by atoms with Gasteiger partial charge in [-0.05, 0) is 58.7 Å². The van der Waals surface area contributed by atoms with Crippen molar-refractivity contribution in [1.29, 1.82) is 0 Å². The molecule has 1 aromatic heterocycles. The Kier molecular flexibility index (Phi) is 3.10. The van der Waals surface area contributed by atoms with Crippen molar-refractivity contribution in [3.63, 3.8) is 0 Å². The van der Waals surface area contributed by atoms with Gasteiger partial charge in [-0.2, -0.15) is 0 Å². The lowest BCUT2D eigenvalue weighted by atomic mass is 9.70. The number of fused-ring (bicyclic) bond motifs is 2. The molecule has 0 N–H and O–H groups in total. The summed E-state index contributed by atoms with van der Waals surface area (Å²) in [5, 5.41) is 0. The van der Waals surface area contributed by atoms with Crippen LogP contribution in [0.1, 0.15) is 49.7 Å². The molecule has 2 saturated carbocycles. The standard InChI is InChI=1S/C15H19BrO2S/c1-14(2)9-6-7-15(14,3)11(8-9)18-13(17)10-4-5-12(16)19-10/h4-5,9,11H,6-8H2,1-3H3. The van der Waals surface area contributed by atoms with Gasteiger partial charge >= 0.3 is 5.97 Å². The fourth-order valence-electron chi connectivity index (χ4n) is 3.92. The van der Waals surface area contributed by atoms with Crippen LogP contribution >= 0.6 is 27.3 Å². The van der Waals surface area contributed by atoms with Gasteiger partial charge in [-0.1, -0.05) is 20.8 Å². The zero-order chi connectivity index (χ0) is 13.8. The van der Waals surface area contributed by atoms with Crippen molar-refractivity contribution >= 4 is 33.2 Å². The van der Waals surface area contributed by atoms with Crippen molar-refractivity contribution in [2.45, 2.75) is 46.1 Å². The highest BCUT2D eigenvalue weighted by Gasteiger charge is 2.62. The molecule has 19 heavy (non-hydrogen) atoms. The second-order valence-corrected chi connectivity index (χ2v) is 9.07. The molecule has 0 amide bonds. The highest BCUT2D eigenvalue weighted by molar-refractivity contribution is 9.11. The minimum absolute atomic E-state index is 0.0784. The van der Waals surface area contributed by atoms with E-state index < -0.39 is 0 Å². The van der Waals surface area contributed by atoms with Gasteiger partial charge in [0, 0.05) is 5.41 Å². The van der Waals surface area contributed by atoms with Crippen LogP contribution in [0.25, 0.3) is 0 Å². The number of rotatable bonds is 2. The number of hydrogen-bond acceptors (Lipinski definition) is 3. The van der Waals surface area contributed by atoms with E-state index in [4.69, 9.17) is 4.74 Å². The van der Waals surface area contributed by atoms with Crippen molar-refractivity contribution in [2.24, 2.45) is 16.7 Å². The van der Waals surface area contributed by atoms with Crippen LogP contribution in [0.5, 0.6) is 0 Å². The summed E-state index contributed by atoms with van der Waals surface area (Å²) in [5.41, 5.74) is 0.426. The summed E-state index contributed by atoms with van der Waals surface area (Å²) in [5.74, 6) is 0.538. The van der Waals surface area contributed by atoms with Gasteiger partial charge in [0.15, 0.2) is 0 Å². The van der Waals surface area contributed by atoms with Crippen LogP contribution in [0.3, 0.4) is 0 Å². The molecule has 0 radical (unpaired) electrons. The predicted octanol–water partition coefficient (Wildman–Crippen LogP) is 4.88. The van der Waals surface area contributed by atoms with E-state index in [0.717, 1.165) is 10.2 Å². The van der Waals surface area contributed by atoms with Gasteiger partial charge in [0.2, 0.25) is 0 Å². The van der Waals surface area contributed by atoms with E-state index in [2.05, 4.69) is 36.7 Å². The predicted molar refractivity (Wildman–Crippen MR) is 80.5 cm³/mol. The van der Waals surface area contributed by atoms with E-state index in [9.17, 15) is 4.79 Å². The molecule has 3 atom stereocenters. The van der Waals surface area contributed by atoms with Crippen LogP contribution in [0.4, 0.5) is 0 Å². The largest absolute Gasteiger partial charge is 0.458 e. The van der Waals surface area contributed by atoms with Gasteiger partial charge in [0.1, 0.15) is 11.0 Å². The first kappa shape index (κ1) is 13.6. The average molecular weight is 343 g/mol. The number of thiophene rings is 1. The molecule has 2 bridgehead atoms. The molecule has 0 aromatic carbocycles. The lowest BCUT2D eigenvalue weighted by molar-refractivity contribution is -0.0238. The maximum atomic E-state index is 12.2. The summed E-state index contributed by atoms with van der Waals surface area (Å²) in [6.07, 6.45) is 3.57. The van der Waals surface area contributed by atoms with Crippen molar-refractivity contribution in [2.75, 3.05) is 0 Å². The zero-order valence-electron chi connectivity index (χ0n) is 11.5. The molecule has 3 rings (SSSR count). The first-order chi connectivity index (χ1) is 8.84. The Balaban J connectivity index is 1.77. The van der Waals surface area contributed by atoms with Gasteiger partial charge in [0.25, 0.3) is 0 Å². The van der Waals surface area contributed by atoms with E-state index >= 15 is 0 Å². The Labute approximate surface area is 126 Å². The van der Waals surface area contributed by atoms with Gasteiger partial charge in [-0.3, -0.25) is 0 Å². The third kappa shape index (κ3) is 1.90. The Bertz CT molecular complexity index is 522. The second-order valence-electron chi connectivity index (χ2n) is 6.61. The molecule has 1 aromatic rings. The lowest BCUT2D eigenvalue weighted by Gasteiger charge is -2.38. The molecule has 0 spiro atoms. The highest BCUT2D eigenvalue weighted by Crippen LogP contribution is 2.66. The highest BCUT2D eigenvalue weighted by atomic mass is 79.9. The van der Waals surface area contributed by atoms with Gasteiger partial charge in [-0.15, -0.1) is 11.3 Å². The topological polar surface area (TPSA) is 26.3 Å². The lowest BCUT2D eigenvalue weighted by Crippen LogP contribution is -2.38. The van der Waals surface area contributed by atoms with Crippen LogP contribution in [0, 0.1) is 16.7 Å². The smallest absolute Gasteiger partial charge is 0.348 e. The second kappa shape index (κ2) is 4.32. The minimum Gasteiger partial charge on any atom is -0.458 e. The normalized spacial score (nSPS) is 35.6. The van der Waals surface area contributed by atoms with Crippen molar-refractivity contribution < 1.29 is 9.53 Å². The van der Waals surface area contributed by atoms with Crippen LogP contribution in [0.2, 0.25) is 0 Å². The van der Waals surface area contributed by atoms with Crippen LogP contribution in [0.15, 0.2) is 15.9 Å². The van der Waals surface area contributed by atoms with E-state index in [1.165, 1.54) is 24.2 Å². The fraction of sp³-hybridized carbons (Fsp3) is 0.667.